The van der Waals surface area contributed by atoms with Crippen LogP contribution in [0.5, 0.6) is 0 Å². The predicted molar refractivity (Wildman–Crippen MR) is 75.7 cm³/mol. The molecule has 0 saturated carbocycles. The monoisotopic (exact) mass is 291 g/mol. The number of hydrogen-bond acceptors (Lipinski definition) is 3. The fraction of sp³-hybridized carbons (Fsp3) is 0. The first kappa shape index (κ1) is 12.2. The van der Waals surface area contributed by atoms with Crippen LogP contribution in [0.1, 0.15) is 0 Å². The molecule has 0 aliphatic heterocycles. The van der Waals surface area contributed by atoms with Gasteiger partial charge in [0.2, 0.25) is 5.89 Å². The molecular weight excluding hydrogens is 285 g/mol. The lowest BCUT2D eigenvalue weighted by molar-refractivity contribution is 0.518. The Kier molecular flexibility index (Phi) is 3.01. The third-order valence-electron chi connectivity index (χ3n) is 2.67. The van der Waals surface area contributed by atoms with Crippen LogP contribution in [0.15, 0.2) is 51.7 Å². The highest BCUT2D eigenvalue weighted by molar-refractivity contribution is 6.38. The zero-order valence-corrected chi connectivity index (χ0v) is 11.1. The van der Waals surface area contributed by atoms with Crippen molar-refractivity contribution in [2.45, 2.75) is 0 Å². The second-order valence-corrected chi connectivity index (χ2v) is 4.80. The van der Waals surface area contributed by atoms with Gasteiger partial charge in [-0.2, -0.15) is 0 Å². The SMILES string of the molecule is O=c1oc(-c2ccccc2)nc2c(Cl)cc(Cl)cc12. The molecule has 0 radical (unpaired) electrons. The van der Waals surface area contributed by atoms with Gasteiger partial charge in [0.25, 0.3) is 0 Å². The van der Waals surface area contributed by atoms with Gasteiger partial charge in [0.1, 0.15) is 5.52 Å². The Hall–Kier alpha value is -1.84. The number of rotatable bonds is 1. The predicted octanol–water partition coefficient (Wildman–Crippen LogP) is 4.16. The van der Waals surface area contributed by atoms with E-state index in [0.717, 1.165) is 0 Å². The molecule has 2 aromatic carbocycles. The van der Waals surface area contributed by atoms with E-state index < -0.39 is 5.63 Å². The molecule has 0 fully saturated rings. The summed E-state index contributed by atoms with van der Waals surface area (Å²) in [5, 5.41) is 0.976. The highest BCUT2D eigenvalue weighted by atomic mass is 35.5. The van der Waals surface area contributed by atoms with E-state index in [1.165, 1.54) is 6.07 Å². The van der Waals surface area contributed by atoms with Gasteiger partial charge in [-0.05, 0) is 24.3 Å². The van der Waals surface area contributed by atoms with Crippen LogP contribution in [-0.2, 0) is 0 Å². The molecule has 0 spiro atoms. The maximum atomic E-state index is 12.0. The lowest BCUT2D eigenvalue weighted by Crippen LogP contribution is -2.03. The molecule has 19 heavy (non-hydrogen) atoms. The average Bonchev–Trinajstić information content (AvgIpc) is 2.41. The molecule has 0 saturated heterocycles. The zero-order valence-electron chi connectivity index (χ0n) is 9.56. The summed E-state index contributed by atoms with van der Waals surface area (Å²) in [5.74, 6) is 0.238. The normalized spacial score (nSPS) is 10.8. The fourth-order valence-electron chi connectivity index (χ4n) is 1.81. The molecule has 94 valence electrons. The number of halogens is 2. The van der Waals surface area contributed by atoms with Gasteiger partial charge in [-0.25, -0.2) is 9.78 Å². The Bertz CT molecular complexity index is 813. The quantitative estimate of drug-likeness (QED) is 0.676. The van der Waals surface area contributed by atoms with Crippen molar-refractivity contribution in [2.24, 2.45) is 0 Å². The summed E-state index contributed by atoms with van der Waals surface area (Å²) in [6, 6.07) is 12.2. The van der Waals surface area contributed by atoms with E-state index in [1.807, 2.05) is 18.2 Å². The maximum Gasteiger partial charge on any atom is 0.347 e. The number of fused-ring (bicyclic) bond motifs is 1. The van der Waals surface area contributed by atoms with Gasteiger partial charge in [0.15, 0.2) is 0 Å². The van der Waals surface area contributed by atoms with Crippen LogP contribution in [-0.4, -0.2) is 4.98 Å². The zero-order chi connectivity index (χ0) is 13.4. The number of benzene rings is 2. The summed E-state index contributed by atoms with van der Waals surface area (Å²) in [6.45, 7) is 0. The van der Waals surface area contributed by atoms with Crippen LogP contribution in [0.25, 0.3) is 22.4 Å². The van der Waals surface area contributed by atoms with Crippen molar-refractivity contribution in [1.29, 1.82) is 0 Å². The minimum atomic E-state index is -0.506. The lowest BCUT2D eigenvalue weighted by Gasteiger charge is -2.03. The fourth-order valence-corrected chi connectivity index (χ4v) is 2.34. The minimum Gasteiger partial charge on any atom is -0.403 e. The van der Waals surface area contributed by atoms with Gasteiger partial charge in [-0.3, -0.25) is 0 Å². The van der Waals surface area contributed by atoms with E-state index in [9.17, 15) is 4.79 Å². The molecule has 0 N–H and O–H groups in total. The van der Waals surface area contributed by atoms with Gasteiger partial charge in [-0.1, -0.05) is 41.4 Å². The number of nitrogens with zero attached hydrogens (tertiary/aromatic N) is 1. The Morgan fingerprint density at radius 2 is 1.79 bits per heavy atom. The highest BCUT2D eigenvalue weighted by Crippen LogP contribution is 2.26. The van der Waals surface area contributed by atoms with Gasteiger partial charge in [0.05, 0.1) is 10.4 Å². The van der Waals surface area contributed by atoms with E-state index in [2.05, 4.69) is 4.98 Å². The Morgan fingerprint density at radius 3 is 2.53 bits per heavy atom. The lowest BCUT2D eigenvalue weighted by atomic mass is 10.2. The number of hydrogen-bond donors (Lipinski definition) is 0. The molecule has 5 heteroatoms. The molecule has 0 unspecified atom stereocenters. The van der Waals surface area contributed by atoms with Crippen LogP contribution in [0, 0.1) is 0 Å². The molecule has 1 heterocycles. The first-order valence-electron chi connectivity index (χ1n) is 5.50. The molecule has 1 aromatic heterocycles. The van der Waals surface area contributed by atoms with Crippen molar-refractivity contribution in [3.63, 3.8) is 0 Å². The second-order valence-electron chi connectivity index (χ2n) is 3.96. The molecule has 3 aromatic rings. The van der Waals surface area contributed by atoms with Crippen molar-refractivity contribution < 1.29 is 4.42 Å². The second kappa shape index (κ2) is 4.68. The Balaban J connectivity index is 2.34. The van der Waals surface area contributed by atoms with Crippen molar-refractivity contribution in [3.05, 3.63) is 62.9 Å². The molecule has 3 nitrogen and oxygen atoms in total. The summed E-state index contributed by atoms with van der Waals surface area (Å²) in [7, 11) is 0. The van der Waals surface area contributed by atoms with E-state index in [1.54, 1.807) is 18.2 Å². The summed E-state index contributed by atoms with van der Waals surface area (Å²) in [4.78, 5) is 16.2. The van der Waals surface area contributed by atoms with Gasteiger partial charge < -0.3 is 4.42 Å². The molecule has 3 rings (SSSR count). The third kappa shape index (κ3) is 2.23. The average molecular weight is 292 g/mol. The largest absolute Gasteiger partial charge is 0.403 e. The van der Waals surface area contributed by atoms with Gasteiger partial charge >= 0.3 is 5.63 Å². The molecule has 0 bridgehead atoms. The molecule has 0 aliphatic rings. The first-order valence-corrected chi connectivity index (χ1v) is 6.26. The maximum absolute atomic E-state index is 12.0. The Labute approximate surface area is 118 Å². The van der Waals surface area contributed by atoms with E-state index in [4.69, 9.17) is 27.6 Å². The van der Waals surface area contributed by atoms with Crippen LogP contribution >= 0.6 is 23.2 Å². The smallest absolute Gasteiger partial charge is 0.347 e. The van der Waals surface area contributed by atoms with Crippen LogP contribution < -0.4 is 5.63 Å². The van der Waals surface area contributed by atoms with Crippen molar-refractivity contribution in [1.82, 2.24) is 4.98 Å². The van der Waals surface area contributed by atoms with Crippen LogP contribution in [0.4, 0.5) is 0 Å². The van der Waals surface area contributed by atoms with Crippen molar-refractivity contribution in [2.75, 3.05) is 0 Å². The van der Waals surface area contributed by atoms with Gasteiger partial charge in [0, 0.05) is 10.6 Å². The number of aromatic nitrogens is 1. The van der Waals surface area contributed by atoms with Crippen molar-refractivity contribution in [3.8, 4) is 11.5 Å². The summed E-state index contributed by atoms with van der Waals surface area (Å²) < 4.78 is 5.20. The summed E-state index contributed by atoms with van der Waals surface area (Å²) in [6.07, 6.45) is 0. The van der Waals surface area contributed by atoms with Crippen LogP contribution in [0.2, 0.25) is 10.0 Å². The Morgan fingerprint density at radius 1 is 1.05 bits per heavy atom. The van der Waals surface area contributed by atoms with Crippen LogP contribution in [0.3, 0.4) is 0 Å². The molecular formula is C14H7Cl2NO2. The molecule has 0 amide bonds. The van der Waals surface area contributed by atoms with Crippen molar-refractivity contribution >= 4 is 34.1 Å². The third-order valence-corrected chi connectivity index (χ3v) is 3.18. The molecule has 0 aliphatic carbocycles. The summed E-state index contributed by atoms with van der Waals surface area (Å²) >= 11 is 11.9. The van der Waals surface area contributed by atoms with E-state index in [-0.39, 0.29) is 11.3 Å². The topological polar surface area (TPSA) is 43.1 Å². The first-order chi connectivity index (χ1) is 9.15. The standard InChI is InChI=1S/C14H7Cl2NO2/c15-9-6-10-12(11(16)7-9)17-13(19-14(10)18)8-4-2-1-3-5-8/h1-7H. The minimum absolute atomic E-state index is 0.238. The van der Waals surface area contributed by atoms with Gasteiger partial charge in [-0.15, -0.1) is 0 Å². The van der Waals surface area contributed by atoms with E-state index >= 15 is 0 Å². The summed E-state index contributed by atoms with van der Waals surface area (Å²) in [5.41, 5.74) is 0.599. The molecule has 0 atom stereocenters. The van der Waals surface area contributed by atoms with E-state index in [0.29, 0.717) is 21.1 Å². The highest BCUT2D eigenvalue weighted by Gasteiger charge is 2.11.